The molecule has 0 aliphatic rings. The van der Waals surface area contributed by atoms with Gasteiger partial charge in [0.1, 0.15) is 0 Å². The molecule has 140 valence electrons. The van der Waals surface area contributed by atoms with Gasteiger partial charge < -0.3 is 4.74 Å². The van der Waals surface area contributed by atoms with Crippen molar-refractivity contribution >= 4 is 23.5 Å². The van der Waals surface area contributed by atoms with E-state index in [2.05, 4.69) is 13.8 Å². The maximum atomic E-state index is 12.1. The average molecular weight is 367 g/mol. The van der Waals surface area contributed by atoms with Gasteiger partial charge in [0.2, 0.25) is 0 Å². The van der Waals surface area contributed by atoms with Crippen LogP contribution in [-0.4, -0.2) is 23.3 Å². The van der Waals surface area contributed by atoms with Crippen molar-refractivity contribution in [1.29, 1.82) is 0 Å². The van der Waals surface area contributed by atoms with Gasteiger partial charge >= 0.3 is 5.97 Å². The van der Waals surface area contributed by atoms with Crippen LogP contribution >= 0.6 is 0 Å². The van der Waals surface area contributed by atoms with Gasteiger partial charge in [0.15, 0.2) is 12.4 Å². The molecule has 0 aliphatic heterocycles. The Labute approximate surface area is 157 Å². The Morgan fingerprint density at radius 2 is 1.81 bits per heavy atom. The van der Waals surface area contributed by atoms with Crippen molar-refractivity contribution in [1.82, 2.24) is 0 Å². The minimum Gasteiger partial charge on any atom is -0.454 e. The highest BCUT2D eigenvalue weighted by Gasteiger charge is 2.12. The van der Waals surface area contributed by atoms with E-state index in [1.54, 1.807) is 24.3 Å². The fraction of sp³-hybridized carbons (Fsp3) is 0.238. The predicted octanol–water partition coefficient (Wildman–Crippen LogP) is 4.55. The van der Waals surface area contributed by atoms with E-state index in [1.165, 1.54) is 18.2 Å². The van der Waals surface area contributed by atoms with Crippen LogP contribution in [0.15, 0.2) is 54.6 Å². The molecule has 0 amide bonds. The van der Waals surface area contributed by atoms with E-state index < -0.39 is 10.9 Å². The van der Waals surface area contributed by atoms with Gasteiger partial charge in [-0.1, -0.05) is 50.2 Å². The molecule has 0 heterocycles. The van der Waals surface area contributed by atoms with Crippen LogP contribution in [0.3, 0.4) is 0 Å². The van der Waals surface area contributed by atoms with Crippen molar-refractivity contribution in [3.8, 4) is 0 Å². The standard InChI is InChI=1S/C21H21NO5/c1-3-15(2)16-8-10-18(11-9-16)20(23)14-27-21(24)13-12-17-6-4-5-7-19(17)22(25)26/h4-13,15H,3,14H2,1-2H3/b13-12+/t15-/m1/s1. The number of esters is 1. The largest absolute Gasteiger partial charge is 0.454 e. The van der Waals surface area contributed by atoms with Crippen molar-refractivity contribution in [3.63, 3.8) is 0 Å². The number of para-hydroxylation sites is 1. The molecule has 27 heavy (non-hydrogen) atoms. The minimum absolute atomic E-state index is 0.112. The number of hydrogen-bond acceptors (Lipinski definition) is 5. The third-order valence-corrected chi connectivity index (χ3v) is 4.29. The predicted molar refractivity (Wildman–Crippen MR) is 103 cm³/mol. The van der Waals surface area contributed by atoms with Gasteiger partial charge in [-0.2, -0.15) is 0 Å². The minimum atomic E-state index is -0.738. The number of ether oxygens (including phenoxy) is 1. The molecule has 0 unspecified atom stereocenters. The SMILES string of the molecule is CC[C@@H](C)c1ccc(C(=O)COC(=O)/C=C/c2ccccc2[N+](=O)[O-])cc1. The molecule has 0 aromatic heterocycles. The summed E-state index contributed by atoms with van der Waals surface area (Å²) in [5.41, 5.74) is 1.79. The topological polar surface area (TPSA) is 86.5 Å². The fourth-order valence-corrected chi connectivity index (χ4v) is 2.45. The molecule has 6 nitrogen and oxygen atoms in total. The molecule has 1 atom stereocenters. The van der Waals surface area contributed by atoms with Gasteiger partial charge in [-0.15, -0.1) is 0 Å². The van der Waals surface area contributed by atoms with Crippen molar-refractivity contribution in [2.45, 2.75) is 26.2 Å². The molecule has 0 aliphatic carbocycles. The normalized spacial score (nSPS) is 11.9. The van der Waals surface area contributed by atoms with Gasteiger partial charge in [-0.3, -0.25) is 14.9 Å². The van der Waals surface area contributed by atoms with Crippen molar-refractivity contribution < 1.29 is 19.2 Å². The first kappa shape index (κ1) is 20.0. The summed E-state index contributed by atoms with van der Waals surface area (Å²) in [7, 11) is 0. The summed E-state index contributed by atoms with van der Waals surface area (Å²) in [5.74, 6) is -0.630. The van der Waals surface area contributed by atoms with Crippen molar-refractivity contribution in [3.05, 3.63) is 81.4 Å². The Morgan fingerprint density at radius 1 is 1.15 bits per heavy atom. The number of Topliss-reactive ketones (excluding diaryl/α,β-unsaturated/α-hetero) is 1. The Kier molecular flexibility index (Phi) is 7.00. The van der Waals surface area contributed by atoms with Crippen LogP contribution in [0.4, 0.5) is 5.69 Å². The molecule has 0 bridgehead atoms. The highest BCUT2D eigenvalue weighted by molar-refractivity contribution is 5.99. The molecule has 2 aromatic carbocycles. The number of carbonyl (C=O) groups excluding carboxylic acids is 2. The summed E-state index contributed by atoms with van der Waals surface area (Å²) in [4.78, 5) is 34.3. The molecular formula is C21H21NO5. The van der Waals surface area contributed by atoms with E-state index in [4.69, 9.17) is 4.74 Å². The Balaban J connectivity index is 1.93. The highest BCUT2D eigenvalue weighted by Crippen LogP contribution is 2.20. The van der Waals surface area contributed by atoms with E-state index in [0.717, 1.165) is 18.1 Å². The molecule has 0 N–H and O–H groups in total. The second kappa shape index (κ2) is 9.43. The molecule has 2 aromatic rings. The molecular weight excluding hydrogens is 346 g/mol. The molecule has 0 fully saturated rings. The smallest absolute Gasteiger partial charge is 0.331 e. The highest BCUT2D eigenvalue weighted by atomic mass is 16.6. The van der Waals surface area contributed by atoms with Gasteiger partial charge in [0.25, 0.3) is 5.69 Å². The van der Waals surface area contributed by atoms with Crippen LogP contribution in [0.5, 0.6) is 0 Å². The van der Waals surface area contributed by atoms with Crippen LogP contribution < -0.4 is 0 Å². The molecule has 0 radical (unpaired) electrons. The number of nitro benzene ring substituents is 1. The number of hydrogen-bond donors (Lipinski definition) is 0. The first-order valence-electron chi connectivity index (χ1n) is 8.63. The van der Waals surface area contributed by atoms with Crippen LogP contribution in [0, 0.1) is 10.1 Å². The number of rotatable bonds is 8. The lowest BCUT2D eigenvalue weighted by molar-refractivity contribution is -0.385. The van der Waals surface area contributed by atoms with Crippen molar-refractivity contribution in [2.24, 2.45) is 0 Å². The maximum Gasteiger partial charge on any atom is 0.331 e. The number of nitro groups is 1. The summed E-state index contributed by atoms with van der Waals surface area (Å²) < 4.78 is 4.93. The third kappa shape index (κ3) is 5.60. The van der Waals surface area contributed by atoms with Crippen LogP contribution in [0.25, 0.3) is 6.08 Å². The molecule has 6 heteroatoms. The van der Waals surface area contributed by atoms with E-state index in [9.17, 15) is 19.7 Å². The Bertz CT molecular complexity index is 855. The zero-order valence-electron chi connectivity index (χ0n) is 15.3. The lowest BCUT2D eigenvalue weighted by Gasteiger charge is -2.09. The number of ketones is 1. The van der Waals surface area contributed by atoms with Crippen LogP contribution in [-0.2, 0) is 9.53 Å². The van der Waals surface area contributed by atoms with E-state index in [1.807, 2.05) is 12.1 Å². The summed E-state index contributed by atoms with van der Waals surface area (Å²) in [6.07, 6.45) is 3.38. The third-order valence-electron chi connectivity index (χ3n) is 4.29. The number of carbonyl (C=O) groups is 2. The van der Waals surface area contributed by atoms with E-state index in [-0.39, 0.29) is 23.6 Å². The average Bonchev–Trinajstić information content (AvgIpc) is 2.70. The maximum absolute atomic E-state index is 12.1. The van der Waals surface area contributed by atoms with Gasteiger partial charge in [-0.25, -0.2) is 4.79 Å². The van der Waals surface area contributed by atoms with Crippen LogP contribution in [0.2, 0.25) is 0 Å². The van der Waals surface area contributed by atoms with E-state index >= 15 is 0 Å². The summed E-state index contributed by atoms with van der Waals surface area (Å²) in [5, 5.41) is 10.9. The van der Waals surface area contributed by atoms with Crippen LogP contribution in [0.1, 0.15) is 47.7 Å². The van der Waals surface area contributed by atoms with Crippen molar-refractivity contribution in [2.75, 3.05) is 6.61 Å². The zero-order valence-corrected chi connectivity index (χ0v) is 15.3. The summed E-state index contributed by atoms with van der Waals surface area (Å²) in [6, 6.07) is 13.3. The fourth-order valence-electron chi connectivity index (χ4n) is 2.45. The summed E-state index contributed by atoms with van der Waals surface area (Å²) >= 11 is 0. The Hall–Kier alpha value is -3.28. The lowest BCUT2D eigenvalue weighted by atomic mass is 9.97. The first-order chi connectivity index (χ1) is 12.9. The zero-order chi connectivity index (χ0) is 19.8. The number of nitrogens with zero attached hydrogens (tertiary/aromatic N) is 1. The molecule has 0 saturated carbocycles. The van der Waals surface area contributed by atoms with Gasteiger partial charge in [0, 0.05) is 17.7 Å². The number of benzene rings is 2. The lowest BCUT2D eigenvalue weighted by Crippen LogP contribution is -2.12. The second-order valence-corrected chi connectivity index (χ2v) is 6.11. The summed E-state index contributed by atoms with van der Waals surface area (Å²) in [6.45, 7) is 3.82. The second-order valence-electron chi connectivity index (χ2n) is 6.11. The molecule has 2 rings (SSSR count). The van der Waals surface area contributed by atoms with E-state index in [0.29, 0.717) is 11.5 Å². The first-order valence-corrected chi connectivity index (χ1v) is 8.63. The molecule has 0 saturated heterocycles. The molecule has 0 spiro atoms. The van der Waals surface area contributed by atoms with Gasteiger partial charge in [-0.05, 0) is 30.0 Å². The quantitative estimate of drug-likeness (QED) is 0.225. The van der Waals surface area contributed by atoms with Gasteiger partial charge in [0.05, 0.1) is 10.5 Å². The monoisotopic (exact) mass is 367 g/mol. The Morgan fingerprint density at radius 3 is 2.44 bits per heavy atom.